The van der Waals surface area contributed by atoms with Gasteiger partial charge in [-0.2, -0.15) is 0 Å². The van der Waals surface area contributed by atoms with Gasteiger partial charge in [-0.05, 0) is 6.08 Å². The number of methoxy groups -OCH3 is 2. The van der Waals surface area contributed by atoms with Gasteiger partial charge in [-0.15, -0.1) is 0 Å². The van der Waals surface area contributed by atoms with Gasteiger partial charge in [0.15, 0.2) is 5.60 Å². The third kappa shape index (κ3) is 1.43. The Morgan fingerprint density at radius 3 is 2.75 bits per heavy atom. The maximum Gasteiger partial charge on any atom is 0.342 e. The van der Waals surface area contributed by atoms with E-state index in [0.717, 1.165) is 0 Å². The van der Waals surface area contributed by atoms with Crippen LogP contribution < -0.4 is 0 Å². The standard InChI is InChI=1S/C8H12O4/c1-10-7(9)8(11-2)3-5-12-6-4-8/h3,5H,4,6H2,1-2H3/t8-/m1/s1. The number of ether oxygens (including phenoxy) is 3. The summed E-state index contributed by atoms with van der Waals surface area (Å²) in [5.74, 6) is -0.385. The predicted molar refractivity (Wildman–Crippen MR) is 41.5 cm³/mol. The summed E-state index contributed by atoms with van der Waals surface area (Å²) in [7, 11) is 2.82. The summed E-state index contributed by atoms with van der Waals surface area (Å²) >= 11 is 0. The fourth-order valence-electron chi connectivity index (χ4n) is 1.12. The highest BCUT2D eigenvalue weighted by Gasteiger charge is 2.38. The molecule has 1 aliphatic rings. The van der Waals surface area contributed by atoms with Crippen LogP contribution in [0.25, 0.3) is 0 Å². The normalized spacial score (nSPS) is 27.8. The molecule has 1 heterocycles. The van der Waals surface area contributed by atoms with Gasteiger partial charge in [-0.1, -0.05) is 0 Å². The Morgan fingerprint density at radius 1 is 1.58 bits per heavy atom. The van der Waals surface area contributed by atoms with Gasteiger partial charge < -0.3 is 14.2 Å². The first kappa shape index (κ1) is 9.06. The molecule has 12 heavy (non-hydrogen) atoms. The number of rotatable bonds is 2. The highest BCUT2D eigenvalue weighted by molar-refractivity contribution is 5.82. The first-order chi connectivity index (χ1) is 5.75. The Labute approximate surface area is 71.1 Å². The van der Waals surface area contributed by atoms with Crippen LogP contribution in [0.3, 0.4) is 0 Å². The lowest BCUT2D eigenvalue weighted by Gasteiger charge is -2.28. The molecule has 1 rings (SSSR count). The molecule has 0 aromatic carbocycles. The van der Waals surface area contributed by atoms with Gasteiger partial charge in [0, 0.05) is 13.5 Å². The highest BCUT2D eigenvalue weighted by Crippen LogP contribution is 2.22. The second-order valence-electron chi connectivity index (χ2n) is 2.51. The smallest absolute Gasteiger partial charge is 0.342 e. The largest absolute Gasteiger partial charge is 0.501 e. The van der Waals surface area contributed by atoms with Crippen molar-refractivity contribution in [2.45, 2.75) is 12.0 Å². The topological polar surface area (TPSA) is 44.8 Å². The van der Waals surface area contributed by atoms with Crippen molar-refractivity contribution < 1.29 is 19.0 Å². The Morgan fingerprint density at radius 2 is 2.33 bits per heavy atom. The van der Waals surface area contributed by atoms with Crippen LogP contribution in [-0.2, 0) is 19.0 Å². The summed E-state index contributed by atoms with van der Waals surface area (Å²) in [6.45, 7) is 0.472. The van der Waals surface area contributed by atoms with E-state index >= 15 is 0 Å². The van der Waals surface area contributed by atoms with Crippen molar-refractivity contribution in [3.05, 3.63) is 12.3 Å². The van der Waals surface area contributed by atoms with E-state index in [1.54, 1.807) is 6.08 Å². The van der Waals surface area contributed by atoms with Gasteiger partial charge in [0.2, 0.25) is 0 Å². The number of hydrogen-bond acceptors (Lipinski definition) is 4. The van der Waals surface area contributed by atoms with Crippen molar-refractivity contribution in [3.8, 4) is 0 Å². The molecule has 0 aliphatic carbocycles. The molecule has 0 N–H and O–H groups in total. The first-order valence-corrected chi connectivity index (χ1v) is 3.68. The molecule has 0 fully saturated rings. The van der Waals surface area contributed by atoms with Gasteiger partial charge in [0.05, 0.1) is 20.0 Å². The van der Waals surface area contributed by atoms with Gasteiger partial charge in [0.25, 0.3) is 0 Å². The van der Waals surface area contributed by atoms with E-state index in [9.17, 15) is 4.79 Å². The van der Waals surface area contributed by atoms with Crippen molar-refractivity contribution in [2.75, 3.05) is 20.8 Å². The van der Waals surface area contributed by atoms with Gasteiger partial charge in [0.1, 0.15) is 0 Å². The molecule has 0 spiro atoms. The molecule has 0 aromatic heterocycles. The van der Waals surface area contributed by atoms with Crippen LogP contribution in [0, 0.1) is 0 Å². The summed E-state index contributed by atoms with van der Waals surface area (Å²) in [5, 5.41) is 0. The van der Waals surface area contributed by atoms with Crippen molar-refractivity contribution in [3.63, 3.8) is 0 Å². The molecule has 1 atom stereocenters. The minimum atomic E-state index is -0.938. The van der Waals surface area contributed by atoms with E-state index in [0.29, 0.717) is 13.0 Å². The Balaban J connectivity index is 2.80. The Hall–Kier alpha value is -1.03. The van der Waals surface area contributed by atoms with E-state index in [1.165, 1.54) is 20.5 Å². The van der Waals surface area contributed by atoms with Crippen LogP contribution in [0.4, 0.5) is 0 Å². The first-order valence-electron chi connectivity index (χ1n) is 3.68. The molecule has 4 nitrogen and oxygen atoms in total. The lowest BCUT2D eigenvalue weighted by molar-refractivity contribution is -0.163. The van der Waals surface area contributed by atoms with Gasteiger partial charge in [-0.25, -0.2) is 4.79 Å². The summed E-state index contributed by atoms with van der Waals surface area (Å²) < 4.78 is 14.7. The maximum atomic E-state index is 11.3. The summed E-state index contributed by atoms with van der Waals surface area (Å²) in [5.41, 5.74) is -0.938. The lowest BCUT2D eigenvalue weighted by Crippen LogP contribution is -2.42. The molecule has 0 saturated heterocycles. The van der Waals surface area contributed by atoms with Crippen molar-refractivity contribution in [2.24, 2.45) is 0 Å². The zero-order valence-electron chi connectivity index (χ0n) is 7.20. The molecule has 0 bridgehead atoms. The van der Waals surface area contributed by atoms with Crippen molar-refractivity contribution >= 4 is 5.97 Å². The zero-order chi connectivity index (χ0) is 9.03. The van der Waals surface area contributed by atoms with Crippen LogP contribution >= 0.6 is 0 Å². The molecule has 0 radical (unpaired) electrons. The van der Waals surface area contributed by atoms with Crippen LogP contribution in [0.15, 0.2) is 12.3 Å². The summed E-state index contributed by atoms with van der Waals surface area (Å²) in [6.07, 6.45) is 3.53. The molecule has 68 valence electrons. The number of esters is 1. The molecular formula is C8H12O4. The van der Waals surface area contributed by atoms with Gasteiger partial charge >= 0.3 is 5.97 Å². The molecule has 0 amide bonds. The monoisotopic (exact) mass is 172 g/mol. The third-order valence-corrected chi connectivity index (χ3v) is 1.92. The van der Waals surface area contributed by atoms with Crippen LogP contribution in [0.2, 0.25) is 0 Å². The molecular weight excluding hydrogens is 160 g/mol. The predicted octanol–water partition coefficient (Wildman–Crippen LogP) is 0.479. The average Bonchev–Trinajstić information content (AvgIpc) is 2.17. The van der Waals surface area contributed by atoms with Crippen molar-refractivity contribution in [1.29, 1.82) is 0 Å². The fourth-order valence-corrected chi connectivity index (χ4v) is 1.12. The average molecular weight is 172 g/mol. The lowest BCUT2D eigenvalue weighted by atomic mass is 9.99. The zero-order valence-corrected chi connectivity index (χ0v) is 7.20. The highest BCUT2D eigenvalue weighted by atomic mass is 16.6. The van der Waals surface area contributed by atoms with Crippen molar-refractivity contribution in [1.82, 2.24) is 0 Å². The maximum absolute atomic E-state index is 11.3. The third-order valence-electron chi connectivity index (χ3n) is 1.92. The minimum absolute atomic E-state index is 0.385. The van der Waals surface area contributed by atoms with E-state index in [2.05, 4.69) is 4.74 Å². The van der Waals surface area contributed by atoms with Crippen LogP contribution in [0.1, 0.15) is 6.42 Å². The molecule has 1 aliphatic heterocycles. The fraction of sp³-hybridized carbons (Fsp3) is 0.625. The number of carbonyl (C=O) groups is 1. The van der Waals surface area contributed by atoms with E-state index in [1.807, 2.05) is 0 Å². The molecule has 0 unspecified atom stereocenters. The van der Waals surface area contributed by atoms with E-state index in [4.69, 9.17) is 9.47 Å². The van der Waals surface area contributed by atoms with Crippen LogP contribution in [-0.4, -0.2) is 32.4 Å². The second-order valence-corrected chi connectivity index (χ2v) is 2.51. The second kappa shape index (κ2) is 3.58. The quantitative estimate of drug-likeness (QED) is 0.568. The Bertz CT molecular complexity index is 199. The summed E-state index contributed by atoms with van der Waals surface area (Å²) in [4.78, 5) is 11.3. The van der Waals surface area contributed by atoms with Crippen LogP contribution in [0.5, 0.6) is 0 Å². The van der Waals surface area contributed by atoms with E-state index < -0.39 is 5.60 Å². The molecule has 0 aromatic rings. The number of carbonyl (C=O) groups excluding carboxylic acids is 1. The van der Waals surface area contributed by atoms with Gasteiger partial charge in [-0.3, -0.25) is 0 Å². The molecule has 0 saturated carbocycles. The minimum Gasteiger partial charge on any atom is -0.501 e. The molecule has 4 heteroatoms. The SMILES string of the molecule is COC(=O)[C@@]1(OC)C=COCC1. The summed E-state index contributed by atoms with van der Waals surface area (Å²) in [6, 6.07) is 0. The number of hydrogen-bond donors (Lipinski definition) is 0. The Kier molecular flexibility index (Phi) is 2.70. The van der Waals surface area contributed by atoms with E-state index in [-0.39, 0.29) is 5.97 Å².